The van der Waals surface area contributed by atoms with E-state index in [9.17, 15) is 10.2 Å². The summed E-state index contributed by atoms with van der Waals surface area (Å²) in [5.41, 5.74) is 1.99. The molecule has 2 aromatic carbocycles. The molecule has 0 unspecified atom stereocenters. The van der Waals surface area contributed by atoms with E-state index in [0.29, 0.717) is 13.2 Å². The molecule has 0 amide bonds. The van der Waals surface area contributed by atoms with Gasteiger partial charge in [-0.15, -0.1) is 0 Å². The summed E-state index contributed by atoms with van der Waals surface area (Å²) in [7, 11) is 2.98. The maximum atomic E-state index is 10.6. The van der Waals surface area contributed by atoms with Crippen LogP contribution in [0.2, 0.25) is 0 Å². The zero-order valence-corrected chi connectivity index (χ0v) is 19.1. The van der Waals surface area contributed by atoms with Gasteiger partial charge in [-0.1, -0.05) is 60.7 Å². The van der Waals surface area contributed by atoms with E-state index in [-0.39, 0.29) is 19.6 Å². The molecule has 2 aromatic rings. The third kappa shape index (κ3) is 7.84. The molecule has 0 aliphatic carbocycles. The largest absolute Gasteiger partial charge is 0.394 e. The Hall–Kier alpha value is -1.88. The van der Waals surface area contributed by atoms with Crippen LogP contribution in [-0.4, -0.2) is 74.6 Å². The Morgan fingerprint density at radius 1 is 0.848 bits per heavy atom. The minimum atomic E-state index is -0.810. The first-order chi connectivity index (χ1) is 16.1. The first-order valence-electron chi connectivity index (χ1n) is 11.1. The molecule has 0 spiro atoms. The van der Waals surface area contributed by atoms with Gasteiger partial charge >= 0.3 is 0 Å². The summed E-state index contributed by atoms with van der Waals surface area (Å²) in [5.74, 6) is 0. The maximum Gasteiger partial charge on any atom is 0.209 e. The van der Waals surface area contributed by atoms with Crippen LogP contribution in [-0.2, 0) is 41.6 Å². The van der Waals surface area contributed by atoms with E-state index in [1.54, 1.807) is 0 Å². The number of hydrogen-bond acceptors (Lipinski definition) is 8. The van der Waals surface area contributed by atoms with E-state index in [4.69, 9.17) is 28.4 Å². The second-order valence-electron chi connectivity index (χ2n) is 7.89. The number of rotatable bonds is 13. The van der Waals surface area contributed by atoms with Crippen LogP contribution < -0.4 is 0 Å². The average molecular weight is 463 g/mol. The topological polar surface area (TPSA) is 95.8 Å². The first-order valence-corrected chi connectivity index (χ1v) is 11.1. The van der Waals surface area contributed by atoms with Crippen molar-refractivity contribution >= 4 is 0 Å². The van der Waals surface area contributed by atoms with E-state index >= 15 is 0 Å². The molecule has 1 saturated heterocycles. The van der Waals surface area contributed by atoms with E-state index in [2.05, 4.69) is 0 Å². The molecule has 8 heteroatoms. The van der Waals surface area contributed by atoms with Crippen molar-refractivity contribution in [3.8, 4) is 0 Å². The lowest BCUT2D eigenvalue weighted by atomic mass is 10.0. The van der Waals surface area contributed by atoms with E-state index in [1.165, 1.54) is 14.2 Å². The highest BCUT2D eigenvalue weighted by Gasteiger charge is 2.44. The number of hydrogen-bond donors (Lipinski definition) is 2. The van der Waals surface area contributed by atoms with Crippen LogP contribution in [0.5, 0.6) is 0 Å². The van der Waals surface area contributed by atoms with Crippen LogP contribution >= 0.6 is 0 Å². The van der Waals surface area contributed by atoms with Crippen LogP contribution in [0.15, 0.2) is 60.7 Å². The van der Waals surface area contributed by atoms with Crippen molar-refractivity contribution in [1.82, 2.24) is 0 Å². The van der Waals surface area contributed by atoms with Gasteiger partial charge in [0.05, 0.1) is 38.6 Å². The fourth-order valence-corrected chi connectivity index (χ4v) is 3.72. The van der Waals surface area contributed by atoms with Gasteiger partial charge in [0.1, 0.15) is 12.2 Å². The molecule has 182 valence electrons. The highest BCUT2D eigenvalue weighted by Crippen LogP contribution is 2.28. The summed E-state index contributed by atoms with van der Waals surface area (Å²) in [5, 5.41) is 20.6. The minimum absolute atomic E-state index is 0.126. The molecule has 1 aliphatic heterocycles. The molecular formula is C25H34O8. The molecule has 2 N–H and O–H groups in total. The van der Waals surface area contributed by atoms with E-state index in [0.717, 1.165) is 11.1 Å². The second-order valence-corrected chi connectivity index (χ2v) is 7.89. The van der Waals surface area contributed by atoms with Crippen LogP contribution in [0.3, 0.4) is 0 Å². The molecule has 0 saturated carbocycles. The van der Waals surface area contributed by atoms with Gasteiger partial charge in [0, 0.05) is 20.6 Å². The van der Waals surface area contributed by atoms with Crippen molar-refractivity contribution in [2.24, 2.45) is 0 Å². The van der Waals surface area contributed by atoms with Gasteiger partial charge in [0.2, 0.25) is 12.6 Å². The smallest absolute Gasteiger partial charge is 0.209 e. The number of aliphatic hydroxyl groups excluding tert-OH is 2. The number of aliphatic hydroxyl groups is 2. The lowest BCUT2D eigenvalue weighted by Crippen LogP contribution is -2.57. The normalized spacial score (nSPS) is 25.0. The van der Waals surface area contributed by atoms with E-state index < -0.39 is 37.0 Å². The van der Waals surface area contributed by atoms with Gasteiger partial charge in [-0.2, -0.15) is 0 Å². The van der Waals surface area contributed by atoms with Gasteiger partial charge in [-0.3, -0.25) is 0 Å². The summed E-state index contributed by atoms with van der Waals surface area (Å²) < 4.78 is 34.4. The number of benzene rings is 2. The highest BCUT2D eigenvalue weighted by atomic mass is 16.8. The maximum absolute atomic E-state index is 10.6. The van der Waals surface area contributed by atoms with Crippen LogP contribution in [0, 0.1) is 0 Å². The molecule has 1 heterocycles. The van der Waals surface area contributed by atoms with Crippen molar-refractivity contribution in [1.29, 1.82) is 0 Å². The first kappa shape index (κ1) is 25.7. The third-order valence-electron chi connectivity index (χ3n) is 5.43. The monoisotopic (exact) mass is 462 g/mol. The van der Waals surface area contributed by atoms with Crippen molar-refractivity contribution in [3.63, 3.8) is 0 Å². The fraction of sp³-hybridized carbons (Fsp3) is 0.520. The summed E-state index contributed by atoms with van der Waals surface area (Å²) >= 11 is 0. The summed E-state index contributed by atoms with van der Waals surface area (Å²) in [4.78, 5) is 0. The van der Waals surface area contributed by atoms with Crippen molar-refractivity contribution in [2.75, 3.05) is 27.4 Å². The van der Waals surface area contributed by atoms with Gasteiger partial charge < -0.3 is 38.6 Å². The molecule has 33 heavy (non-hydrogen) atoms. The Kier molecular flexibility index (Phi) is 10.7. The van der Waals surface area contributed by atoms with Crippen molar-refractivity contribution < 1.29 is 38.6 Å². The van der Waals surface area contributed by atoms with Crippen LogP contribution in [0.1, 0.15) is 17.5 Å². The van der Waals surface area contributed by atoms with Gasteiger partial charge in [-0.05, 0) is 11.1 Å². The molecule has 8 nitrogen and oxygen atoms in total. The number of ether oxygens (including phenoxy) is 6. The molecule has 0 bridgehead atoms. The van der Waals surface area contributed by atoms with Crippen molar-refractivity contribution in [2.45, 2.75) is 56.6 Å². The van der Waals surface area contributed by atoms with Crippen molar-refractivity contribution in [3.05, 3.63) is 71.8 Å². The Balaban J connectivity index is 1.61. The minimum Gasteiger partial charge on any atom is -0.394 e. The zero-order valence-electron chi connectivity index (χ0n) is 19.1. The standard InChI is InChI=1S/C25H34O8/c1-28-24-25(29-2)33-23(22(14-26)31-16-19-11-7-4-8-12-19)21(32-24)13-20(27)17-30-15-18-9-5-3-6-10-18/h3-12,20-27H,13-17H2,1-2H3/t20-,21-,22+,23+,24+,25+/m1/s1. The van der Waals surface area contributed by atoms with Gasteiger partial charge in [0.25, 0.3) is 0 Å². The Morgan fingerprint density at radius 2 is 1.42 bits per heavy atom. The lowest BCUT2D eigenvalue weighted by Gasteiger charge is -2.43. The summed E-state index contributed by atoms with van der Waals surface area (Å²) in [6, 6.07) is 19.4. The fourth-order valence-electron chi connectivity index (χ4n) is 3.72. The average Bonchev–Trinajstić information content (AvgIpc) is 2.86. The molecule has 1 aliphatic rings. The highest BCUT2D eigenvalue weighted by molar-refractivity contribution is 5.14. The Morgan fingerprint density at radius 3 is 2.00 bits per heavy atom. The molecule has 1 fully saturated rings. The zero-order chi connectivity index (χ0) is 23.5. The second kappa shape index (κ2) is 13.7. The summed E-state index contributed by atoms with van der Waals surface area (Å²) in [6.45, 7) is 0.537. The molecule has 0 aromatic heterocycles. The molecular weight excluding hydrogens is 428 g/mol. The quantitative estimate of drug-likeness (QED) is 0.468. The lowest BCUT2D eigenvalue weighted by molar-refractivity contribution is -0.366. The molecule has 0 radical (unpaired) electrons. The van der Waals surface area contributed by atoms with Gasteiger partial charge in [0.15, 0.2) is 0 Å². The SMILES string of the molecule is CO[C@H]1O[C@H]([C@H](CO)OCc2ccccc2)[C@@H](C[C@@H](O)COCc2ccccc2)O[C@@H]1OC. The van der Waals surface area contributed by atoms with Crippen LogP contribution in [0.4, 0.5) is 0 Å². The Labute approximate surface area is 194 Å². The Bertz CT molecular complexity index is 774. The van der Waals surface area contributed by atoms with Crippen LogP contribution in [0.25, 0.3) is 0 Å². The molecule has 3 rings (SSSR count). The van der Waals surface area contributed by atoms with E-state index in [1.807, 2.05) is 60.7 Å². The predicted molar refractivity (Wildman–Crippen MR) is 120 cm³/mol. The third-order valence-corrected chi connectivity index (χ3v) is 5.43. The number of methoxy groups -OCH3 is 2. The molecule has 6 atom stereocenters. The van der Waals surface area contributed by atoms with Gasteiger partial charge in [-0.25, -0.2) is 0 Å². The summed E-state index contributed by atoms with van der Waals surface area (Å²) in [6.07, 6.45) is -4.15. The predicted octanol–water partition coefficient (Wildman–Crippen LogP) is 2.26.